The van der Waals surface area contributed by atoms with Crippen LogP contribution in [0.15, 0.2) is 28.7 Å². The molecule has 0 radical (unpaired) electrons. The number of carbonyl (C=O) groups is 1. The zero-order chi connectivity index (χ0) is 11.5. The van der Waals surface area contributed by atoms with E-state index in [2.05, 4.69) is 4.98 Å². The number of hydrogen-bond donors (Lipinski definition) is 1. The first-order chi connectivity index (χ1) is 7.66. The molecule has 84 valence electrons. The Hall–Kier alpha value is -2.04. The maximum atomic E-state index is 10.4. The molecule has 5 nitrogen and oxygen atoms in total. The van der Waals surface area contributed by atoms with Gasteiger partial charge in [-0.15, -0.1) is 0 Å². The molecule has 16 heavy (non-hydrogen) atoms. The molecule has 0 saturated heterocycles. The number of aliphatic carboxylic acids is 1. The zero-order valence-corrected chi connectivity index (χ0v) is 8.88. The van der Waals surface area contributed by atoms with E-state index in [9.17, 15) is 4.79 Å². The Bertz CT molecular complexity index is 474. The van der Waals surface area contributed by atoms with Gasteiger partial charge in [-0.3, -0.25) is 4.79 Å². The van der Waals surface area contributed by atoms with Gasteiger partial charge < -0.3 is 14.4 Å². The predicted molar refractivity (Wildman–Crippen MR) is 59.5 cm³/mol. The van der Waals surface area contributed by atoms with Crippen molar-refractivity contribution in [3.05, 3.63) is 24.3 Å². The number of carboxylic acid groups (broad SMARTS) is 1. The monoisotopic (exact) mass is 220 g/mol. The number of oxazole rings is 1. The minimum atomic E-state index is -0.831. The van der Waals surface area contributed by atoms with Gasteiger partial charge in [0.15, 0.2) is 5.58 Å². The summed E-state index contributed by atoms with van der Waals surface area (Å²) in [7, 11) is 1.76. The van der Waals surface area contributed by atoms with E-state index in [1.54, 1.807) is 11.9 Å². The van der Waals surface area contributed by atoms with Gasteiger partial charge in [0.25, 0.3) is 6.01 Å². The van der Waals surface area contributed by atoms with Crippen LogP contribution in [-0.2, 0) is 4.79 Å². The zero-order valence-electron chi connectivity index (χ0n) is 8.88. The molecule has 0 unspecified atom stereocenters. The van der Waals surface area contributed by atoms with E-state index in [-0.39, 0.29) is 6.42 Å². The van der Waals surface area contributed by atoms with Crippen molar-refractivity contribution in [3.63, 3.8) is 0 Å². The van der Waals surface area contributed by atoms with Crippen LogP contribution in [0, 0.1) is 0 Å². The van der Waals surface area contributed by atoms with Crippen LogP contribution in [0.4, 0.5) is 6.01 Å². The predicted octanol–water partition coefficient (Wildman–Crippen LogP) is 1.74. The minimum Gasteiger partial charge on any atom is -0.481 e. The first-order valence-corrected chi connectivity index (χ1v) is 4.95. The standard InChI is InChI=1S/C11H12N2O3/c1-13(7-6-10(14)15)11-12-8-4-2-3-5-9(8)16-11/h2-5H,6-7H2,1H3,(H,14,15). The number of hydrogen-bond acceptors (Lipinski definition) is 4. The summed E-state index contributed by atoms with van der Waals surface area (Å²) in [5, 5.41) is 8.57. The lowest BCUT2D eigenvalue weighted by atomic mass is 10.3. The highest BCUT2D eigenvalue weighted by molar-refractivity contribution is 5.74. The molecule has 1 aromatic heterocycles. The molecule has 2 aromatic rings. The van der Waals surface area contributed by atoms with Gasteiger partial charge >= 0.3 is 5.97 Å². The van der Waals surface area contributed by atoms with Crippen LogP contribution in [0.25, 0.3) is 11.1 Å². The largest absolute Gasteiger partial charge is 0.481 e. The first-order valence-electron chi connectivity index (χ1n) is 4.95. The van der Waals surface area contributed by atoms with E-state index in [1.165, 1.54) is 0 Å². The Morgan fingerprint density at radius 1 is 1.50 bits per heavy atom. The smallest absolute Gasteiger partial charge is 0.305 e. The number of para-hydroxylation sites is 2. The van der Waals surface area contributed by atoms with Crippen molar-refractivity contribution in [1.29, 1.82) is 0 Å². The van der Waals surface area contributed by atoms with Crippen molar-refractivity contribution in [3.8, 4) is 0 Å². The highest BCUT2D eigenvalue weighted by Gasteiger charge is 2.10. The summed E-state index contributed by atoms with van der Waals surface area (Å²) in [6, 6.07) is 7.88. The molecule has 0 spiro atoms. The van der Waals surface area contributed by atoms with Crippen LogP contribution in [-0.4, -0.2) is 29.7 Å². The first kappa shape index (κ1) is 10.5. The summed E-state index contributed by atoms with van der Waals surface area (Å²) in [6.45, 7) is 0.377. The Labute approximate surface area is 92.3 Å². The van der Waals surface area contributed by atoms with Gasteiger partial charge in [0.05, 0.1) is 6.42 Å². The second kappa shape index (κ2) is 4.22. The average Bonchev–Trinajstić information content (AvgIpc) is 2.69. The van der Waals surface area contributed by atoms with E-state index < -0.39 is 5.97 Å². The van der Waals surface area contributed by atoms with Crippen molar-refractivity contribution in [1.82, 2.24) is 4.98 Å². The molecule has 5 heteroatoms. The summed E-state index contributed by atoms with van der Waals surface area (Å²) in [5.74, 6) is -0.831. The highest BCUT2D eigenvalue weighted by atomic mass is 16.4. The number of anilines is 1. The molecule has 0 amide bonds. The summed E-state index contributed by atoms with van der Waals surface area (Å²) < 4.78 is 5.48. The number of carboxylic acids is 1. The molecule has 0 aliphatic carbocycles. The topological polar surface area (TPSA) is 66.6 Å². The van der Waals surface area contributed by atoms with Gasteiger partial charge in [0, 0.05) is 13.6 Å². The van der Waals surface area contributed by atoms with Crippen LogP contribution < -0.4 is 4.90 Å². The van der Waals surface area contributed by atoms with Crippen molar-refractivity contribution < 1.29 is 14.3 Å². The van der Waals surface area contributed by atoms with E-state index in [4.69, 9.17) is 9.52 Å². The lowest BCUT2D eigenvalue weighted by Crippen LogP contribution is -2.21. The minimum absolute atomic E-state index is 0.0647. The molecule has 0 fully saturated rings. The molecule has 2 rings (SSSR count). The van der Waals surface area contributed by atoms with Crippen LogP contribution in [0.3, 0.4) is 0 Å². The van der Waals surface area contributed by atoms with E-state index in [1.807, 2.05) is 24.3 Å². The molecule has 1 N–H and O–H groups in total. The molecular formula is C11H12N2O3. The molecule has 0 aliphatic heterocycles. The Kier molecular flexibility index (Phi) is 2.76. The lowest BCUT2D eigenvalue weighted by molar-refractivity contribution is -0.136. The Morgan fingerprint density at radius 2 is 2.25 bits per heavy atom. The maximum Gasteiger partial charge on any atom is 0.305 e. The van der Waals surface area contributed by atoms with Gasteiger partial charge in [-0.2, -0.15) is 4.98 Å². The van der Waals surface area contributed by atoms with Gasteiger partial charge in [-0.1, -0.05) is 12.1 Å². The van der Waals surface area contributed by atoms with Gasteiger partial charge in [-0.25, -0.2) is 0 Å². The van der Waals surface area contributed by atoms with Crippen LogP contribution >= 0.6 is 0 Å². The SMILES string of the molecule is CN(CCC(=O)O)c1nc2ccccc2o1. The summed E-state index contributed by atoms with van der Waals surface area (Å²) in [6.07, 6.45) is 0.0647. The highest BCUT2D eigenvalue weighted by Crippen LogP contribution is 2.20. The summed E-state index contributed by atoms with van der Waals surface area (Å²) in [4.78, 5) is 16.4. The fourth-order valence-corrected chi connectivity index (χ4v) is 1.38. The number of fused-ring (bicyclic) bond motifs is 1. The van der Waals surface area contributed by atoms with E-state index >= 15 is 0 Å². The van der Waals surface area contributed by atoms with Gasteiger partial charge in [0.1, 0.15) is 5.52 Å². The van der Waals surface area contributed by atoms with Gasteiger partial charge in [-0.05, 0) is 12.1 Å². The summed E-state index contributed by atoms with van der Waals surface area (Å²) >= 11 is 0. The number of nitrogens with zero attached hydrogens (tertiary/aromatic N) is 2. The summed E-state index contributed by atoms with van der Waals surface area (Å²) in [5.41, 5.74) is 1.49. The van der Waals surface area contributed by atoms with Crippen molar-refractivity contribution >= 4 is 23.1 Å². The number of benzene rings is 1. The fourth-order valence-electron chi connectivity index (χ4n) is 1.38. The van der Waals surface area contributed by atoms with Crippen molar-refractivity contribution in [2.75, 3.05) is 18.5 Å². The third-order valence-electron chi connectivity index (χ3n) is 2.27. The molecule has 0 bridgehead atoms. The average molecular weight is 220 g/mol. The molecule has 1 heterocycles. The molecule has 1 aromatic carbocycles. The Balaban J connectivity index is 2.16. The van der Waals surface area contributed by atoms with Crippen molar-refractivity contribution in [2.45, 2.75) is 6.42 Å². The second-order valence-electron chi connectivity index (χ2n) is 3.53. The Morgan fingerprint density at radius 3 is 2.94 bits per heavy atom. The molecule has 0 atom stereocenters. The molecule has 0 saturated carbocycles. The van der Waals surface area contributed by atoms with Crippen LogP contribution in [0.5, 0.6) is 0 Å². The number of rotatable bonds is 4. The maximum absolute atomic E-state index is 10.4. The van der Waals surface area contributed by atoms with Crippen LogP contribution in [0.1, 0.15) is 6.42 Å². The van der Waals surface area contributed by atoms with Gasteiger partial charge in [0.2, 0.25) is 0 Å². The molecular weight excluding hydrogens is 208 g/mol. The lowest BCUT2D eigenvalue weighted by Gasteiger charge is -2.11. The fraction of sp³-hybridized carbons (Fsp3) is 0.273. The van der Waals surface area contributed by atoms with E-state index in [0.29, 0.717) is 18.1 Å². The second-order valence-corrected chi connectivity index (χ2v) is 3.53. The normalized spacial score (nSPS) is 10.6. The van der Waals surface area contributed by atoms with E-state index in [0.717, 1.165) is 5.52 Å². The quantitative estimate of drug-likeness (QED) is 0.850. The van der Waals surface area contributed by atoms with Crippen LogP contribution in [0.2, 0.25) is 0 Å². The van der Waals surface area contributed by atoms with Crippen molar-refractivity contribution in [2.24, 2.45) is 0 Å². The number of aromatic nitrogens is 1. The molecule has 0 aliphatic rings. The third kappa shape index (κ3) is 2.13. The third-order valence-corrected chi connectivity index (χ3v) is 2.27.